The topological polar surface area (TPSA) is 76.0 Å². The first-order chi connectivity index (χ1) is 8.07. The van der Waals surface area contributed by atoms with Crippen LogP contribution in [0.15, 0.2) is 0 Å². The number of esters is 1. The van der Waals surface area contributed by atoms with E-state index in [4.69, 9.17) is 19.7 Å². The summed E-state index contributed by atoms with van der Waals surface area (Å²) >= 11 is 0. The normalized spacial score (nSPS) is 25.6. The van der Waals surface area contributed by atoms with E-state index in [1.54, 1.807) is 7.11 Å². The standard InChI is InChI=1S/C12H22O5/c1-12(7-13,8-14)11(15)17-10-6-4-3-5-9(10)16-2/h9-10,13-14H,3-8H2,1-2H3. The molecule has 0 aliphatic heterocycles. The van der Waals surface area contributed by atoms with Crippen LogP contribution in [-0.4, -0.2) is 48.7 Å². The number of aliphatic hydroxyl groups excluding tert-OH is 2. The number of methoxy groups -OCH3 is 1. The first kappa shape index (κ1) is 14.4. The van der Waals surface area contributed by atoms with Gasteiger partial charge in [-0.15, -0.1) is 0 Å². The second-order valence-electron chi connectivity index (χ2n) is 4.88. The highest BCUT2D eigenvalue weighted by Crippen LogP contribution is 2.26. The highest BCUT2D eigenvalue weighted by atomic mass is 16.6. The molecule has 2 N–H and O–H groups in total. The second kappa shape index (κ2) is 6.33. The Labute approximate surface area is 102 Å². The summed E-state index contributed by atoms with van der Waals surface area (Å²) < 4.78 is 10.6. The fourth-order valence-electron chi connectivity index (χ4n) is 1.93. The fourth-order valence-corrected chi connectivity index (χ4v) is 1.93. The molecule has 17 heavy (non-hydrogen) atoms. The van der Waals surface area contributed by atoms with Gasteiger partial charge in [0.1, 0.15) is 11.5 Å². The van der Waals surface area contributed by atoms with E-state index in [1.165, 1.54) is 6.92 Å². The van der Waals surface area contributed by atoms with Crippen LogP contribution < -0.4 is 0 Å². The lowest BCUT2D eigenvalue weighted by Gasteiger charge is -2.33. The van der Waals surface area contributed by atoms with Gasteiger partial charge in [0.15, 0.2) is 0 Å². The minimum Gasteiger partial charge on any atom is -0.459 e. The molecule has 2 unspecified atom stereocenters. The molecular weight excluding hydrogens is 224 g/mol. The van der Waals surface area contributed by atoms with Gasteiger partial charge in [-0.2, -0.15) is 0 Å². The van der Waals surface area contributed by atoms with Gasteiger partial charge in [0.25, 0.3) is 0 Å². The van der Waals surface area contributed by atoms with Gasteiger partial charge in [-0.3, -0.25) is 4.79 Å². The molecule has 2 atom stereocenters. The molecule has 0 amide bonds. The van der Waals surface area contributed by atoms with Crippen LogP contribution >= 0.6 is 0 Å². The summed E-state index contributed by atoms with van der Waals surface area (Å²) in [5.41, 5.74) is -1.23. The molecule has 1 saturated carbocycles. The lowest BCUT2D eigenvalue weighted by Crippen LogP contribution is -2.43. The Balaban J connectivity index is 2.60. The largest absolute Gasteiger partial charge is 0.459 e. The number of rotatable bonds is 5. The summed E-state index contributed by atoms with van der Waals surface area (Å²) in [7, 11) is 1.61. The monoisotopic (exact) mass is 246 g/mol. The van der Waals surface area contributed by atoms with Gasteiger partial charge >= 0.3 is 5.97 Å². The summed E-state index contributed by atoms with van der Waals surface area (Å²) in [6, 6.07) is 0. The molecule has 1 aliphatic carbocycles. The quantitative estimate of drug-likeness (QED) is 0.690. The van der Waals surface area contributed by atoms with Crippen LogP contribution in [0.2, 0.25) is 0 Å². The van der Waals surface area contributed by atoms with Gasteiger partial charge in [0.2, 0.25) is 0 Å². The zero-order valence-corrected chi connectivity index (χ0v) is 10.5. The van der Waals surface area contributed by atoms with E-state index < -0.39 is 24.6 Å². The van der Waals surface area contributed by atoms with Crippen molar-refractivity contribution in [3.63, 3.8) is 0 Å². The number of ether oxygens (including phenoxy) is 2. The highest BCUT2D eigenvalue weighted by molar-refractivity contribution is 5.76. The van der Waals surface area contributed by atoms with Crippen LogP contribution in [0, 0.1) is 5.41 Å². The minimum atomic E-state index is -1.23. The first-order valence-electron chi connectivity index (χ1n) is 6.03. The van der Waals surface area contributed by atoms with Crippen molar-refractivity contribution in [2.45, 2.75) is 44.8 Å². The Hall–Kier alpha value is -0.650. The van der Waals surface area contributed by atoms with E-state index in [0.717, 1.165) is 25.7 Å². The van der Waals surface area contributed by atoms with Crippen molar-refractivity contribution >= 4 is 5.97 Å². The molecule has 5 nitrogen and oxygen atoms in total. The average Bonchev–Trinajstić information content (AvgIpc) is 2.38. The summed E-state index contributed by atoms with van der Waals surface area (Å²) in [6.45, 7) is 0.638. The molecule has 1 rings (SSSR count). The lowest BCUT2D eigenvalue weighted by molar-refractivity contribution is -0.175. The van der Waals surface area contributed by atoms with Crippen molar-refractivity contribution in [3.8, 4) is 0 Å². The smallest absolute Gasteiger partial charge is 0.316 e. The Kier molecular flexibility index (Phi) is 5.36. The molecule has 1 aliphatic rings. The molecule has 0 heterocycles. The average molecular weight is 246 g/mol. The minimum absolute atomic E-state index is 0.0747. The predicted octanol–water partition coefficient (Wildman–Crippen LogP) is 0.478. The summed E-state index contributed by atoms with van der Waals surface area (Å²) in [5.74, 6) is -0.559. The van der Waals surface area contributed by atoms with Crippen LogP contribution in [0.4, 0.5) is 0 Å². The highest BCUT2D eigenvalue weighted by Gasteiger charge is 2.37. The van der Waals surface area contributed by atoms with Crippen LogP contribution in [0.25, 0.3) is 0 Å². The number of aliphatic hydroxyl groups is 2. The summed E-state index contributed by atoms with van der Waals surface area (Å²) in [6.07, 6.45) is 3.39. The zero-order valence-electron chi connectivity index (χ0n) is 10.5. The Bertz CT molecular complexity index is 249. The molecule has 0 aromatic rings. The maximum Gasteiger partial charge on any atom is 0.316 e. The number of carbonyl (C=O) groups excluding carboxylic acids is 1. The molecular formula is C12H22O5. The van der Waals surface area contributed by atoms with Crippen molar-refractivity contribution in [3.05, 3.63) is 0 Å². The van der Waals surface area contributed by atoms with E-state index in [0.29, 0.717) is 0 Å². The predicted molar refractivity (Wildman–Crippen MR) is 61.4 cm³/mol. The van der Waals surface area contributed by atoms with Crippen molar-refractivity contribution < 1.29 is 24.5 Å². The van der Waals surface area contributed by atoms with Crippen LogP contribution in [0.1, 0.15) is 32.6 Å². The van der Waals surface area contributed by atoms with Crippen molar-refractivity contribution in [2.24, 2.45) is 5.41 Å². The molecule has 1 fully saturated rings. The van der Waals surface area contributed by atoms with E-state index in [2.05, 4.69) is 0 Å². The van der Waals surface area contributed by atoms with Crippen LogP contribution in [0.3, 0.4) is 0 Å². The summed E-state index contributed by atoms with van der Waals surface area (Å²) in [4.78, 5) is 11.9. The molecule has 0 radical (unpaired) electrons. The van der Waals surface area contributed by atoms with Gasteiger partial charge in [0, 0.05) is 7.11 Å². The molecule has 0 aromatic carbocycles. The van der Waals surface area contributed by atoms with Crippen molar-refractivity contribution in [1.29, 1.82) is 0 Å². The van der Waals surface area contributed by atoms with Crippen molar-refractivity contribution in [1.82, 2.24) is 0 Å². The third-order valence-electron chi connectivity index (χ3n) is 3.39. The van der Waals surface area contributed by atoms with Gasteiger partial charge < -0.3 is 19.7 Å². The van der Waals surface area contributed by atoms with Gasteiger partial charge in [-0.25, -0.2) is 0 Å². The maximum absolute atomic E-state index is 11.9. The molecule has 0 bridgehead atoms. The van der Waals surface area contributed by atoms with E-state index >= 15 is 0 Å². The van der Waals surface area contributed by atoms with E-state index in [9.17, 15) is 4.79 Å². The number of hydrogen-bond donors (Lipinski definition) is 2. The zero-order chi connectivity index (χ0) is 12.9. The second-order valence-corrected chi connectivity index (χ2v) is 4.88. The third-order valence-corrected chi connectivity index (χ3v) is 3.39. The van der Waals surface area contributed by atoms with E-state index in [1.807, 2.05) is 0 Å². The Morgan fingerprint density at radius 1 is 1.24 bits per heavy atom. The van der Waals surface area contributed by atoms with Crippen LogP contribution in [0.5, 0.6) is 0 Å². The molecule has 0 spiro atoms. The van der Waals surface area contributed by atoms with Gasteiger partial charge in [-0.05, 0) is 26.2 Å². The molecule has 100 valence electrons. The first-order valence-corrected chi connectivity index (χ1v) is 6.03. The lowest BCUT2D eigenvalue weighted by atomic mass is 9.91. The molecule has 5 heteroatoms. The number of hydrogen-bond acceptors (Lipinski definition) is 5. The maximum atomic E-state index is 11.9. The van der Waals surface area contributed by atoms with Crippen molar-refractivity contribution in [2.75, 3.05) is 20.3 Å². The Morgan fingerprint density at radius 3 is 2.24 bits per heavy atom. The molecule has 0 saturated heterocycles. The number of carbonyl (C=O) groups is 1. The van der Waals surface area contributed by atoms with E-state index in [-0.39, 0.29) is 12.2 Å². The van der Waals surface area contributed by atoms with Gasteiger partial charge in [-0.1, -0.05) is 6.42 Å². The fraction of sp³-hybridized carbons (Fsp3) is 0.917. The Morgan fingerprint density at radius 2 is 1.76 bits per heavy atom. The summed E-state index contributed by atoms with van der Waals surface area (Å²) in [5, 5.41) is 18.2. The third kappa shape index (κ3) is 3.40. The SMILES string of the molecule is COC1CCCCC1OC(=O)C(C)(CO)CO. The van der Waals surface area contributed by atoms with Gasteiger partial charge in [0.05, 0.1) is 19.3 Å². The van der Waals surface area contributed by atoms with Crippen LogP contribution in [-0.2, 0) is 14.3 Å². The molecule has 0 aromatic heterocycles.